The van der Waals surface area contributed by atoms with Crippen LogP contribution in [0.2, 0.25) is 0 Å². The van der Waals surface area contributed by atoms with Gasteiger partial charge in [-0.1, -0.05) is 0 Å². The molecule has 0 radical (unpaired) electrons. The molecule has 36 heavy (non-hydrogen) atoms. The lowest BCUT2D eigenvalue weighted by molar-refractivity contribution is -0.366. The van der Waals surface area contributed by atoms with Crippen LogP contribution >= 0.6 is 7.82 Å². The van der Waals surface area contributed by atoms with Crippen molar-refractivity contribution in [1.29, 1.82) is 0 Å². The van der Waals surface area contributed by atoms with E-state index in [1.165, 1.54) is 0 Å². The summed E-state index contributed by atoms with van der Waals surface area (Å²) in [5.41, 5.74) is 0. The van der Waals surface area contributed by atoms with Gasteiger partial charge in [0.15, 0.2) is 12.6 Å². The molecule has 2 rings (SSSR count). The average Bonchev–Trinajstić information content (AvgIpc) is 2.83. The number of aliphatic hydroxyl groups excluding tert-OH is 10. The van der Waals surface area contributed by atoms with Crippen molar-refractivity contribution in [2.75, 3.05) is 26.4 Å². The number of hydrogen-bond donors (Lipinski definition) is 12. The van der Waals surface area contributed by atoms with Crippen molar-refractivity contribution >= 4 is 7.82 Å². The van der Waals surface area contributed by atoms with E-state index < -0.39 is 114 Å². The second kappa shape index (κ2) is 13.6. The van der Waals surface area contributed by atoms with Gasteiger partial charge in [0.2, 0.25) is 0 Å². The Morgan fingerprint density at radius 2 is 1.25 bits per heavy atom. The van der Waals surface area contributed by atoms with Crippen LogP contribution in [0, 0.1) is 0 Å². The SMILES string of the molecule is O=P(O)(O)O[C@@H](CO)[C@@H](O)[C@@H](CO)O[C@@H]1O[C@H](CO)[C@H](O)[C@H](O[C@@H]2O[C@H](CO)[C@H](O)[C@H](O)[C@H]2O)[C@H]1O. The summed E-state index contributed by atoms with van der Waals surface area (Å²) in [7, 11) is -5.19. The highest BCUT2D eigenvalue weighted by atomic mass is 31.2. The van der Waals surface area contributed by atoms with Crippen LogP contribution in [0.25, 0.3) is 0 Å². The van der Waals surface area contributed by atoms with Gasteiger partial charge in [0.25, 0.3) is 0 Å². The van der Waals surface area contributed by atoms with Crippen LogP contribution < -0.4 is 0 Å². The molecule has 2 aliphatic heterocycles. The zero-order chi connectivity index (χ0) is 27.4. The number of phosphoric acid groups is 1. The molecule has 2 fully saturated rings. The largest absolute Gasteiger partial charge is 0.470 e. The Bertz CT molecular complexity index is 707. The van der Waals surface area contributed by atoms with Crippen LogP contribution in [-0.2, 0) is 28.0 Å². The van der Waals surface area contributed by atoms with Crippen molar-refractivity contribution in [3.05, 3.63) is 0 Å². The maximum absolute atomic E-state index is 11.1. The molecule has 0 amide bonds. The van der Waals surface area contributed by atoms with E-state index in [1.54, 1.807) is 0 Å². The fourth-order valence-corrected chi connectivity index (χ4v) is 4.23. The predicted octanol–water partition coefficient (Wildman–Crippen LogP) is -7.18. The van der Waals surface area contributed by atoms with Crippen LogP contribution in [0.3, 0.4) is 0 Å². The number of ether oxygens (including phenoxy) is 4. The van der Waals surface area contributed by atoms with E-state index in [9.17, 15) is 55.6 Å². The predicted molar refractivity (Wildman–Crippen MR) is 108 cm³/mol. The molecule has 18 nitrogen and oxygen atoms in total. The number of phosphoric ester groups is 1. The van der Waals surface area contributed by atoms with E-state index in [1.807, 2.05) is 0 Å². The van der Waals surface area contributed by atoms with Crippen LogP contribution in [0.15, 0.2) is 0 Å². The first-order valence-corrected chi connectivity index (χ1v) is 12.2. The summed E-state index contributed by atoms with van der Waals surface area (Å²) in [6.45, 7) is -3.86. The lowest BCUT2D eigenvalue weighted by Crippen LogP contribution is -2.65. The summed E-state index contributed by atoms with van der Waals surface area (Å²) in [4.78, 5) is 17.8. The minimum Gasteiger partial charge on any atom is -0.394 e. The Morgan fingerprint density at radius 3 is 1.75 bits per heavy atom. The van der Waals surface area contributed by atoms with Crippen LogP contribution in [0.1, 0.15) is 0 Å². The monoisotopic (exact) mass is 556 g/mol. The van der Waals surface area contributed by atoms with E-state index >= 15 is 0 Å². The standard InChI is InChI=1S/C17H33O18P/c18-1-5(9(22)8(4-21)35-36(28,29)30)31-17-14(27)15(11(24)7(3-20)33-17)34-16-13(26)12(25)10(23)6(2-19)32-16/h5-27H,1-4H2,(H2,28,29,30)/t5-,6-,7-,8+,9+,10+,11+,12+,13-,14-,15+,16+,17-/m1/s1. The minimum absolute atomic E-state index is 0.798. The molecule has 0 aliphatic carbocycles. The first kappa shape index (κ1) is 31.8. The van der Waals surface area contributed by atoms with Gasteiger partial charge in [-0.15, -0.1) is 0 Å². The van der Waals surface area contributed by atoms with E-state index in [0.717, 1.165) is 0 Å². The van der Waals surface area contributed by atoms with Crippen molar-refractivity contribution in [3.8, 4) is 0 Å². The normalized spacial score (nSPS) is 40.6. The fourth-order valence-electron chi connectivity index (χ4n) is 3.68. The molecule has 0 aromatic rings. The Morgan fingerprint density at radius 1 is 0.722 bits per heavy atom. The van der Waals surface area contributed by atoms with Crippen LogP contribution in [0.5, 0.6) is 0 Å². The van der Waals surface area contributed by atoms with E-state index in [2.05, 4.69) is 4.52 Å². The van der Waals surface area contributed by atoms with E-state index in [4.69, 9.17) is 28.7 Å². The number of rotatable bonds is 12. The van der Waals surface area contributed by atoms with Crippen molar-refractivity contribution < 1.29 is 88.9 Å². The fraction of sp³-hybridized carbons (Fsp3) is 1.00. The van der Waals surface area contributed by atoms with Crippen molar-refractivity contribution in [3.63, 3.8) is 0 Å². The van der Waals surface area contributed by atoms with Crippen LogP contribution in [0.4, 0.5) is 0 Å². The van der Waals surface area contributed by atoms with E-state index in [0.29, 0.717) is 0 Å². The Labute approximate surface area is 203 Å². The summed E-state index contributed by atoms with van der Waals surface area (Å²) >= 11 is 0. The molecule has 214 valence electrons. The molecule has 0 spiro atoms. The maximum atomic E-state index is 11.1. The summed E-state index contributed by atoms with van der Waals surface area (Å²) in [5.74, 6) is 0. The molecule has 0 aromatic heterocycles. The number of aliphatic hydroxyl groups is 10. The summed E-state index contributed by atoms with van der Waals surface area (Å²) in [6, 6.07) is 0. The first-order chi connectivity index (χ1) is 16.8. The quantitative estimate of drug-likeness (QED) is 0.0993. The van der Waals surface area contributed by atoms with Gasteiger partial charge in [0, 0.05) is 0 Å². The molecule has 0 saturated carbocycles. The highest BCUT2D eigenvalue weighted by Gasteiger charge is 2.51. The second-order valence-electron chi connectivity index (χ2n) is 8.17. The Kier molecular flexibility index (Phi) is 12.0. The molecule has 0 unspecified atom stereocenters. The molecule has 13 atom stereocenters. The zero-order valence-corrected chi connectivity index (χ0v) is 19.5. The minimum atomic E-state index is -5.19. The molecule has 19 heteroatoms. The Hall–Kier alpha value is -0.450. The van der Waals surface area contributed by atoms with Gasteiger partial charge in [0.1, 0.15) is 67.1 Å². The molecule has 2 heterocycles. The molecule has 0 aromatic carbocycles. The highest BCUT2D eigenvalue weighted by Crippen LogP contribution is 2.39. The summed E-state index contributed by atoms with van der Waals surface area (Å²) in [6.07, 6.45) is -23.6. The first-order valence-electron chi connectivity index (χ1n) is 10.7. The topological polar surface area (TPSA) is 306 Å². The van der Waals surface area contributed by atoms with Crippen molar-refractivity contribution in [2.24, 2.45) is 0 Å². The smallest absolute Gasteiger partial charge is 0.394 e. The molecule has 0 bridgehead atoms. The number of hydrogen-bond acceptors (Lipinski definition) is 16. The Balaban J connectivity index is 2.20. The second-order valence-corrected chi connectivity index (χ2v) is 9.36. The average molecular weight is 556 g/mol. The van der Waals surface area contributed by atoms with Gasteiger partial charge in [-0.3, -0.25) is 4.52 Å². The molecule has 2 saturated heterocycles. The molecule has 2 aliphatic rings. The highest BCUT2D eigenvalue weighted by molar-refractivity contribution is 7.46. The third-order valence-corrected chi connectivity index (χ3v) is 6.21. The van der Waals surface area contributed by atoms with Gasteiger partial charge in [0.05, 0.1) is 26.4 Å². The molecular formula is C17H33O18P. The van der Waals surface area contributed by atoms with Crippen LogP contribution in [-0.4, -0.2) is 167 Å². The lowest BCUT2D eigenvalue weighted by atomic mass is 9.97. The molecular weight excluding hydrogens is 523 g/mol. The zero-order valence-electron chi connectivity index (χ0n) is 18.6. The summed E-state index contributed by atoms with van der Waals surface area (Å²) < 4.78 is 36.3. The van der Waals surface area contributed by atoms with Gasteiger partial charge in [-0.05, 0) is 0 Å². The van der Waals surface area contributed by atoms with Gasteiger partial charge in [-0.25, -0.2) is 4.57 Å². The third kappa shape index (κ3) is 7.56. The van der Waals surface area contributed by atoms with Gasteiger partial charge in [-0.2, -0.15) is 0 Å². The van der Waals surface area contributed by atoms with Crippen molar-refractivity contribution in [1.82, 2.24) is 0 Å². The third-order valence-electron chi connectivity index (χ3n) is 5.66. The van der Waals surface area contributed by atoms with Gasteiger partial charge >= 0.3 is 7.82 Å². The maximum Gasteiger partial charge on any atom is 0.470 e. The molecule has 12 N–H and O–H groups in total. The van der Waals surface area contributed by atoms with Crippen molar-refractivity contribution in [2.45, 2.75) is 79.7 Å². The lowest BCUT2D eigenvalue weighted by Gasteiger charge is -2.46. The van der Waals surface area contributed by atoms with E-state index in [-0.39, 0.29) is 0 Å². The summed E-state index contributed by atoms with van der Waals surface area (Å²) in [5, 5.41) is 99.1. The van der Waals surface area contributed by atoms with Gasteiger partial charge < -0.3 is 79.8 Å².